The van der Waals surface area contributed by atoms with E-state index >= 15 is 0 Å². The molecule has 0 aromatic heterocycles. The lowest BCUT2D eigenvalue weighted by atomic mass is 9.96. The van der Waals surface area contributed by atoms with E-state index < -0.39 is 6.10 Å². The summed E-state index contributed by atoms with van der Waals surface area (Å²) in [6.45, 7) is 4.13. The van der Waals surface area contributed by atoms with Crippen molar-refractivity contribution in [3.8, 4) is 11.5 Å². The number of hydrogen-bond donors (Lipinski definition) is 1. The van der Waals surface area contributed by atoms with Gasteiger partial charge < -0.3 is 14.8 Å². The van der Waals surface area contributed by atoms with Crippen molar-refractivity contribution in [3.05, 3.63) is 60.2 Å². The van der Waals surface area contributed by atoms with Gasteiger partial charge in [-0.05, 0) is 49.5 Å². The quantitative estimate of drug-likeness (QED) is 0.884. The molecule has 4 rings (SSSR count). The van der Waals surface area contributed by atoms with E-state index in [1.54, 1.807) is 0 Å². The molecule has 2 aromatic rings. The lowest BCUT2D eigenvalue weighted by Crippen LogP contribution is -2.46. The number of carbonyl (C=O) groups excluding carboxylic acids is 1. The van der Waals surface area contributed by atoms with Crippen LogP contribution in [0.2, 0.25) is 0 Å². The van der Waals surface area contributed by atoms with Crippen molar-refractivity contribution in [2.24, 2.45) is 5.92 Å². The van der Waals surface area contributed by atoms with Gasteiger partial charge in [0.2, 0.25) is 6.10 Å². The van der Waals surface area contributed by atoms with Crippen molar-refractivity contribution in [1.29, 1.82) is 0 Å². The molecule has 2 aliphatic rings. The normalized spacial score (nSPS) is 20.2. The first kappa shape index (κ1) is 17.9. The van der Waals surface area contributed by atoms with E-state index in [0.29, 0.717) is 24.0 Å². The van der Waals surface area contributed by atoms with Gasteiger partial charge in [0.25, 0.3) is 5.91 Å². The molecule has 2 aromatic carbocycles. The van der Waals surface area contributed by atoms with Crippen LogP contribution >= 0.6 is 0 Å². The van der Waals surface area contributed by atoms with Crippen molar-refractivity contribution < 1.29 is 14.3 Å². The molecule has 1 N–H and O–H groups in total. The van der Waals surface area contributed by atoms with E-state index in [-0.39, 0.29) is 12.5 Å². The van der Waals surface area contributed by atoms with Crippen LogP contribution in [0.15, 0.2) is 54.6 Å². The van der Waals surface area contributed by atoms with Crippen molar-refractivity contribution in [1.82, 2.24) is 10.2 Å². The number of ether oxygens (including phenoxy) is 2. The second-order valence-electron chi connectivity index (χ2n) is 7.31. The Kier molecular flexibility index (Phi) is 5.58. The lowest BCUT2D eigenvalue weighted by Gasteiger charge is -2.32. The molecule has 2 heterocycles. The summed E-state index contributed by atoms with van der Waals surface area (Å²) in [7, 11) is 0. The van der Waals surface area contributed by atoms with Crippen LogP contribution in [0.4, 0.5) is 0 Å². The topological polar surface area (TPSA) is 50.8 Å². The lowest BCUT2D eigenvalue weighted by molar-refractivity contribution is -0.130. The van der Waals surface area contributed by atoms with Crippen LogP contribution in [-0.4, -0.2) is 43.2 Å². The summed E-state index contributed by atoms with van der Waals surface area (Å²) < 4.78 is 11.4. The standard InChI is InChI=1S/C22H26N2O3/c25-22(21-16-26-19-8-4-5-9-20(19)27-21)23-14-17-10-12-24(13-11-17)15-18-6-2-1-3-7-18/h1-9,17,21H,10-16H2,(H,23,25). The van der Waals surface area contributed by atoms with Crippen molar-refractivity contribution in [2.45, 2.75) is 25.5 Å². The number of para-hydroxylation sites is 2. The van der Waals surface area contributed by atoms with Crippen LogP contribution in [0.1, 0.15) is 18.4 Å². The van der Waals surface area contributed by atoms with E-state index in [2.05, 4.69) is 40.5 Å². The average molecular weight is 366 g/mol. The highest BCUT2D eigenvalue weighted by atomic mass is 16.6. The Hall–Kier alpha value is -2.53. The molecule has 2 aliphatic heterocycles. The smallest absolute Gasteiger partial charge is 0.264 e. The first-order chi connectivity index (χ1) is 13.3. The summed E-state index contributed by atoms with van der Waals surface area (Å²) in [4.78, 5) is 14.9. The molecule has 1 unspecified atom stereocenters. The SMILES string of the molecule is O=C(NCC1CCN(Cc2ccccc2)CC1)C1COc2ccccc2O1. The van der Waals surface area contributed by atoms with Gasteiger partial charge in [-0.2, -0.15) is 0 Å². The van der Waals surface area contributed by atoms with Crippen LogP contribution in [0.3, 0.4) is 0 Å². The number of nitrogens with zero attached hydrogens (tertiary/aromatic N) is 1. The number of amides is 1. The van der Waals surface area contributed by atoms with Gasteiger partial charge >= 0.3 is 0 Å². The molecule has 1 saturated heterocycles. The fourth-order valence-corrected chi connectivity index (χ4v) is 3.70. The molecule has 27 heavy (non-hydrogen) atoms. The van der Waals surface area contributed by atoms with E-state index in [4.69, 9.17) is 9.47 Å². The molecule has 0 bridgehead atoms. The van der Waals surface area contributed by atoms with Crippen LogP contribution in [0, 0.1) is 5.92 Å². The molecule has 1 amide bonds. The van der Waals surface area contributed by atoms with Gasteiger partial charge in [0.1, 0.15) is 6.61 Å². The van der Waals surface area contributed by atoms with Crippen molar-refractivity contribution >= 4 is 5.91 Å². The maximum Gasteiger partial charge on any atom is 0.264 e. The van der Waals surface area contributed by atoms with Crippen LogP contribution in [0.5, 0.6) is 11.5 Å². The Bertz CT molecular complexity index is 757. The van der Waals surface area contributed by atoms with Gasteiger partial charge in [-0.25, -0.2) is 0 Å². The number of rotatable bonds is 5. The van der Waals surface area contributed by atoms with Gasteiger partial charge in [-0.15, -0.1) is 0 Å². The highest BCUT2D eigenvalue weighted by molar-refractivity contribution is 5.81. The van der Waals surface area contributed by atoms with Crippen molar-refractivity contribution in [3.63, 3.8) is 0 Å². The zero-order valence-electron chi connectivity index (χ0n) is 15.5. The van der Waals surface area contributed by atoms with Gasteiger partial charge in [-0.1, -0.05) is 42.5 Å². The summed E-state index contributed by atoms with van der Waals surface area (Å²) in [6, 6.07) is 18.0. The Morgan fingerprint density at radius 2 is 1.70 bits per heavy atom. The van der Waals surface area contributed by atoms with Gasteiger partial charge in [0.15, 0.2) is 11.5 Å². The van der Waals surface area contributed by atoms with Gasteiger partial charge in [-0.3, -0.25) is 9.69 Å². The molecule has 1 atom stereocenters. The molecular formula is C22H26N2O3. The monoisotopic (exact) mass is 366 g/mol. The molecule has 0 saturated carbocycles. The van der Waals surface area contributed by atoms with Crippen LogP contribution < -0.4 is 14.8 Å². The predicted octanol–water partition coefficient (Wildman–Crippen LogP) is 2.85. The molecule has 142 valence electrons. The largest absolute Gasteiger partial charge is 0.485 e. The van der Waals surface area contributed by atoms with Gasteiger partial charge in [0.05, 0.1) is 0 Å². The molecular weight excluding hydrogens is 340 g/mol. The summed E-state index contributed by atoms with van der Waals surface area (Å²) in [5, 5.41) is 3.05. The van der Waals surface area contributed by atoms with E-state index in [0.717, 1.165) is 32.5 Å². The minimum Gasteiger partial charge on any atom is -0.485 e. The van der Waals surface area contributed by atoms with Crippen molar-refractivity contribution in [2.75, 3.05) is 26.2 Å². The molecule has 0 spiro atoms. The second kappa shape index (κ2) is 8.44. The summed E-state index contributed by atoms with van der Waals surface area (Å²) in [5.74, 6) is 1.78. The number of benzene rings is 2. The minimum absolute atomic E-state index is 0.0868. The molecule has 0 aliphatic carbocycles. The van der Waals surface area contributed by atoms with E-state index in [9.17, 15) is 4.79 Å². The van der Waals surface area contributed by atoms with Crippen LogP contribution in [-0.2, 0) is 11.3 Å². The first-order valence-electron chi connectivity index (χ1n) is 9.70. The number of fused-ring (bicyclic) bond motifs is 1. The summed E-state index contributed by atoms with van der Waals surface area (Å²) in [6.07, 6.45) is 1.65. The number of likely N-dealkylation sites (tertiary alicyclic amines) is 1. The first-order valence-corrected chi connectivity index (χ1v) is 9.70. The highest BCUT2D eigenvalue weighted by Gasteiger charge is 2.28. The Balaban J connectivity index is 1.19. The van der Waals surface area contributed by atoms with Gasteiger partial charge in [0, 0.05) is 13.1 Å². The molecule has 0 radical (unpaired) electrons. The number of carbonyl (C=O) groups is 1. The fourth-order valence-electron chi connectivity index (χ4n) is 3.70. The Morgan fingerprint density at radius 3 is 2.48 bits per heavy atom. The third-order valence-corrected chi connectivity index (χ3v) is 5.32. The molecule has 1 fully saturated rings. The third kappa shape index (κ3) is 4.61. The summed E-state index contributed by atoms with van der Waals surface area (Å²) >= 11 is 0. The molecule has 5 nitrogen and oxygen atoms in total. The fraction of sp³-hybridized carbons (Fsp3) is 0.409. The average Bonchev–Trinajstić information content (AvgIpc) is 2.73. The third-order valence-electron chi connectivity index (χ3n) is 5.32. The maximum atomic E-state index is 12.4. The zero-order chi connectivity index (χ0) is 18.5. The maximum absolute atomic E-state index is 12.4. The number of piperidine rings is 1. The molecule has 5 heteroatoms. The summed E-state index contributed by atoms with van der Waals surface area (Å²) in [5.41, 5.74) is 1.36. The highest BCUT2D eigenvalue weighted by Crippen LogP contribution is 2.30. The zero-order valence-corrected chi connectivity index (χ0v) is 15.5. The Morgan fingerprint density at radius 1 is 1.00 bits per heavy atom. The van der Waals surface area contributed by atoms with E-state index in [1.807, 2.05) is 24.3 Å². The number of hydrogen-bond acceptors (Lipinski definition) is 4. The van der Waals surface area contributed by atoms with E-state index in [1.165, 1.54) is 5.56 Å². The second-order valence-corrected chi connectivity index (χ2v) is 7.31. The van der Waals surface area contributed by atoms with Crippen LogP contribution in [0.25, 0.3) is 0 Å². The predicted molar refractivity (Wildman–Crippen MR) is 104 cm³/mol. The number of nitrogens with one attached hydrogen (secondary N) is 1. The minimum atomic E-state index is -0.571. The Labute approximate surface area is 160 Å².